The van der Waals surface area contributed by atoms with E-state index in [1.165, 1.54) is 0 Å². The van der Waals surface area contributed by atoms with Gasteiger partial charge in [-0.15, -0.1) is 0 Å². The summed E-state index contributed by atoms with van der Waals surface area (Å²) in [5, 5.41) is -0.218. The maximum Gasteiger partial charge on any atom is 0.358 e. The van der Waals surface area contributed by atoms with E-state index < -0.39 is 5.97 Å². The average molecular weight is 390 g/mol. The Morgan fingerprint density at radius 1 is 1.21 bits per heavy atom. The molecular formula is C16H15Cl3N2O3. The van der Waals surface area contributed by atoms with Gasteiger partial charge in [0, 0.05) is 5.56 Å². The lowest BCUT2D eigenvalue weighted by molar-refractivity contribution is 0.0462. The molecule has 0 aliphatic heterocycles. The fourth-order valence-corrected chi connectivity index (χ4v) is 2.46. The van der Waals surface area contributed by atoms with Crippen LogP contribution in [-0.4, -0.2) is 17.1 Å². The molecule has 1 aromatic heterocycles. The molecule has 0 spiro atoms. The van der Waals surface area contributed by atoms with Gasteiger partial charge in [-0.2, -0.15) is 0 Å². The lowest BCUT2D eigenvalue weighted by atomic mass is 10.2. The van der Waals surface area contributed by atoms with Crippen LogP contribution in [-0.2, 0) is 11.3 Å². The Morgan fingerprint density at radius 2 is 1.88 bits per heavy atom. The van der Waals surface area contributed by atoms with Gasteiger partial charge in [0.1, 0.15) is 17.4 Å². The fraction of sp³-hybridized carbons (Fsp3) is 0.250. The molecule has 0 aliphatic carbocycles. The maximum atomic E-state index is 12.2. The summed E-state index contributed by atoms with van der Waals surface area (Å²) in [5.74, 6) is -0.127. The van der Waals surface area contributed by atoms with Crippen LogP contribution in [0.15, 0.2) is 24.3 Å². The van der Waals surface area contributed by atoms with E-state index in [2.05, 4.69) is 4.98 Å². The third-order valence-corrected chi connectivity index (χ3v) is 4.09. The molecule has 2 N–H and O–H groups in total. The minimum absolute atomic E-state index is 0.00565. The number of carbonyl (C=O) groups is 1. The predicted molar refractivity (Wildman–Crippen MR) is 95.0 cm³/mol. The Balaban J connectivity index is 2.18. The Kier molecular flexibility index (Phi) is 6.15. The molecule has 0 bridgehead atoms. The zero-order chi connectivity index (χ0) is 17.9. The second-order valence-corrected chi connectivity index (χ2v) is 6.26. The first-order valence-electron chi connectivity index (χ1n) is 7.03. The molecule has 2 rings (SSSR count). The first-order valence-corrected chi connectivity index (χ1v) is 8.16. The molecule has 8 heteroatoms. The lowest BCUT2D eigenvalue weighted by Crippen LogP contribution is -2.12. The van der Waals surface area contributed by atoms with Crippen molar-refractivity contribution in [3.63, 3.8) is 0 Å². The second kappa shape index (κ2) is 7.92. The number of aromatic nitrogens is 1. The van der Waals surface area contributed by atoms with E-state index >= 15 is 0 Å². The molecule has 24 heavy (non-hydrogen) atoms. The van der Waals surface area contributed by atoms with Crippen LogP contribution in [0.4, 0.5) is 5.69 Å². The Hall–Kier alpha value is -1.69. The molecule has 0 fully saturated rings. The van der Waals surface area contributed by atoms with E-state index in [4.69, 9.17) is 50.0 Å². The number of carbonyl (C=O) groups excluding carboxylic acids is 1. The minimum atomic E-state index is -0.760. The summed E-state index contributed by atoms with van der Waals surface area (Å²) in [7, 11) is 0. The normalized spacial score (nSPS) is 10.8. The summed E-state index contributed by atoms with van der Waals surface area (Å²) in [6.45, 7) is 3.80. The molecule has 0 amide bonds. The third kappa shape index (κ3) is 4.23. The number of esters is 1. The lowest BCUT2D eigenvalue weighted by Gasteiger charge is -2.14. The number of rotatable bonds is 5. The topological polar surface area (TPSA) is 74.4 Å². The molecule has 5 nitrogen and oxygen atoms in total. The van der Waals surface area contributed by atoms with Crippen LogP contribution < -0.4 is 10.5 Å². The zero-order valence-electron chi connectivity index (χ0n) is 13.0. The van der Waals surface area contributed by atoms with Gasteiger partial charge >= 0.3 is 5.97 Å². The number of nitrogen functional groups attached to an aromatic ring is 1. The molecular weight excluding hydrogens is 375 g/mol. The van der Waals surface area contributed by atoms with Crippen molar-refractivity contribution in [2.24, 2.45) is 0 Å². The number of halogens is 3. The number of para-hydroxylation sites is 1. The highest BCUT2D eigenvalue weighted by Crippen LogP contribution is 2.34. The van der Waals surface area contributed by atoms with E-state index in [1.807, 2.05) is 26.0 Å². The van der Waals surface area contributed by atoms with Crippen molar-refractivity contribution in [2.75, 3.05) is 5.73 Å². The van der Waals surface area contributed by atoms with Crippen molar-refractivity contribution in [2.45, 2.75) is 26.6 Å². The van der Waals surface area contributed by atoms with E-state index in [-0.39, 0.29) is 39.3 Å². The first kappa shape index (κ1) is 18.6. The standard InChI is InChI=1S/C16H15Cl3N2O3/c1-8(2)24-10-6-4-3-5-9(10)7-23-16(22)14-11(17)13(20)12(18)15(19)21-14/h3-6,8H,7H2,1-2H3,(H2,20,21). The Bertz CT molecular complexity index is 766. The summed E-state index contributed by atoms with van der Waals surface area (Å²) >= 11 is 17.6. The van der Waals surface area contributed by atoms with E-state index in [9.17, 15) is 4.79 Å². The largest absolute Gasteiger partial charge is 0.491 e. The van der Waals surface area contributed by atoms with Crippen LogP contribution in [0.2, 0.25) is 15.2 Å². The van der Waals surface area contributed by atoms with Gasteiger partial charge in [0.15, 0.2) is 10.8 Å². The van der Waals surface area contributed by atoms with Crippen LogP contribution >= 0.6 is 34.8 Å². The second-order valence-electron chi connectivity index (χ2n) is 5.14. The van der Waals surface area contributed by atoms with Crippen LogP contribution in [0.5, 0.6) is 5.75 Å². The molecule has 128 valence electrons. The highest BCUT2D eigenvalue weighted by molar-refractivity contribution is 6.46. The molecule has 1 aromatic carbocycles. The van der Waals surface area contributed by atoms with Gasteiger partial charge in [0.05, 0.1) is 16.8 Å². The third-order valence-electron chi connectivity index (χ3n) is 2.96. The van der Waals surface area contributed by atoms with Gasteiger partial charge in [0.25, 0.3) is 0 Å². The predicted octanol–water partition coefficient (Wildman–Crippen LogP) is 4.77. The number of nitrogens with zero attached hydrogens (tertiary/aromatic N) is 1. The fourth-order valence-electron chi connectivity index (χ4n) is 1.87. The van der Waals surface area contributed by atoms with Gasteiger partial charge < -0.3 is 15.2 Å². The number of ether oxygens (including phenoxy) is 2. The molecule has 0 radical (unpaired) electrons. The van der Waals surface area contributed by atoms with E-state index in [0.717, 1.165) is 0 Å². The highest BCUT2D eigenvalue weighted by Gasteiger charge is 2.21. The van der Waals surface area contributed by atoms with Crippen molar-refractivity contribution in [1.29, 1.82) is 0 Å². The summed E-state index contributed by atoms with van der Waals surface area (Å²) in [4.78, 5) is 16.1. The summed E-state index contributed by atoms with van der Waals surface area (Å²) in [6.07, 6.45) is -0.00664. The van der Waals surface area contributed by atoms with E-state index in [0.29, 0.717) is 11.3 Å². The van der Waals surface area contributed by atoms with E-state index in [1.54, 1.807) is 12.1 Å². The highest BCUT2D eigenvalue weighted by atomic mass is 35.5. The SMILES string of the molecule is CC(C)Oc1ccccc1COC(=O)c1nc(Cl)c(Cl)c(N)c1Cl. The van der Waals surface area contributed by atoms with Gasteiger partial charge in [-0.3, -0.25) is 0 Å². The number of benzene rings is 1. The van der Waals surface area contributed by atoms with Crippen LogP contribution in [0.3, 0.4) is 0 Å². The summed E-state index contributed by atoms with van der Waals surface area (Å²) in [5.41, 5.74) is 6.19. The summed E-state index contributed by atoms with van der Waals surface area (Å²) in [6, 6.07) is 7.24. The van der Waals surface area contributed by atoms with Gasteiger partial charge in [0.2, 0.25) is 0 Å². The quantitative estimate of drug-likeness (QED) is 0.589. The molecule has 0 saturated heterocycles. The number of hydrogen-bond donors (Lipinski definition) is 1. The number of pyridine rings is 1. The first-order chi connectivity index (χ1) is 11.3. The molecule has 2 aromatic rings. The molecule has 0 unspecified atom stereocenters. The van der Waals surface area contributed by atoms with Crippen molar-refractivity contribution >= 4 is 46.5 Å². The molecule has 0 saturated carbocycles. The molecule has 0 aliphatic rings. The average Bonchev–Trinajstić information content (AvgIpc) is 2.54. The van der Waals surface area contributed by atoms with Crippen LogP contribution in [0.25, 0.3) is 0 Å². The summed E-state index contributed by atoms with van der Waals surface area (Å²) < 4.78 is 10.9. The number of nitrogens with two attached hydrogens (primary N) is 1. The van der Waals surface area contributed by atoms with Gasteiger partial charge in [-0.05, 0) is 19.9 Å². The number of hydrogen-bond acceptors (Lipinski definition) is 5. The smallest absolute Gasteiger partial charge is 0.358 e. The monoisotopic (exact) mass is 388 g/mol. The van der Waals surface area contributed by atoms with Crippen molar-refractivity contribution in [3.8, 4) is 5.75 Å². The van der Waals surface area contributed by atoms with Gasteiger partial charge in [-0.25, -0.2) is 9.78 Å². The maximum absolute atomic E-state index is 12.2. The van der Waals surface area contributed by atoms with Crippen LogP contribution in [0, 0.1) is 0 Å². The Labute approximate surface area is 154 Å². The molecule has 0 atom stereocenters. The minimum Gasteiger partial charge on any atom is -0.491 e. The zero-order valence-corrected chi connectivity index (χ0v) is 15.2. The Morgan fingerprint density at radius 3 is 2.54 bits per heavy atom. The van der Waals surface area contributed by atoms with Gasteiger partial charge in [-0.1, -0.05) is 53.0 Å². The molecule has 1 heterocycles. The van der Waals surface area contributed by atoms with Crippen molar-refractivity contribution < 1.29 is 14.3 Å². The van der Waals surface area contributed by atoms with Crippen molar-refractivity contribution in [1.82, 2.24) is 4.98 Å². The van der Waals surface area contributed by atoms with Crippen molar-refractivity contribution in [3.05, 3.63) is 50.7 Å². The number of anilines is 1. The van der Waals surface area contributed by atoms with Crippen LogP contribution in [0.1, 0.15) is 29.9 Å².